The van der Waals surface area contributed by atoms with Crippen LogP contribution in [0.25, 0.3) is 0 Å². The maximum absolute atomic E-state index is 14.7. The summed E-state index contributed by atoms with van der Waals surface area (Å²) >= 11 is 0. The second-order valence-corrected chi connectivity index (χ2v) is 14.8. The summed E-state index contributed by atoms with van der Waals surface area (Å²) in [7, 11) is -4.80. The number of aliphatic hydroxyl groups excluding tert-OH is 1. The van der Waals surface area contributed by atoms with Crippen LogP contribution in [0.3, 0.4) is 0 Å². The van der Waals surface area contributed by atoms with Crippen molar-refractivity contribution in [1.29, 1.82) is 0 Å². The number of rotatable bonds is 9. The van der Waals surface area contributed by atoms with Gasteiger partial charge in [0.25, 0.3) is 0 Å². The lowest BCUT2D eigenvalue weighted by Gasteiger charge is -2.29. The van der Waals surface area contributed by atoms with Crippen LogP contribution in [0, 0.1) is 0 Å². The van der Waals surface area contributed by atoms with Crippen LogP contribution in [0.1, 0.15) is 0 Å². The Balaban J connectivity index is 1.82. The molecule has 2 nitrogen and oxygen atoms in total. The van der Waals surface area contributed by atoms with E-state index in [9.17, 15) is 9.67 Å². The van der Waals surface area contributed by atoms with E-state index in [-0.39, 0.29) is 6.61 Å². The van der Waals surface area contributed by atoms with Crippen LogP contribution in [-0.2, 0) is 4.57 Å². The van der Waals surface area contributed by atoms with Crippen molar-refractivity contribution in [2.75, 3.05) is 25.1 Å². The molecule has 0 saturated heterocycles. The van der Waals surface area contributed by atoms with Crippen molar-refractivity contribution in [2.45, 2.75) is 0 Å². The fourth-order valence-electron chi connectivity index (χ4n) is 4.43. The number of hydrogen-bond acceptors (Lipinski definition) is 2. The average molecular weight is 459 g/mol. The standard InChI is InChI=1S/C28H29O2P2/c29-21-22-31(25-13-5-1-6-14-25,26-15-7-2-8-16-26)23-24-32(30,27-17-9-3-10-18-27)28-19-11-4-12-20-28/h1-20,29H,21-24H2/q+1. The van der Waals surface area contributed by atoms with E-state index >= 15 is 0 Å². The zero-order chi connectivity index (χ0) is 22.3. The Hall–Kier alpha value is -2.50. The van der Waals surface area contributed by atoms with Crippen LogP contribution in [0.5, 0.6) is 0 Å². The van der Waals surface area contributed by atoms with E-state index in [0.29, 0.717) is 12.3 Å². The van der Waals surface area contributed by atoms with E-state index in [0.717, 1.165) is 16.8 Å². The molecule has 0 bridgehead atoms. The summed E-state index contributed by atoms with van der Waals surface area (Å²) in [5.74, 6) is 0. The van der Waals surface area contributed by atoms with Gasteiger partial charge in [0.1, 0.15) is 7.14 Å². The van der Waals surface area contributed by atoms with Crippen molar-refractivity contribution >= 4 is 35.6 Å². The number of hydrogen-bond donors (Lipinski definition) is 1. The molecular weight excluding hydrogens is 430 g/mol. The van der Waals surface area contributed by atoms with Gasteiger partial charge in [-0.15, -0.1) is 0 Å². The number of aliphatic hydroxyl groups is 1. The maximum Gasteiger partial charge on any atom is 0.146 e. The minimum atomic E-state index is -2.84. The van der Waals surface area contributed by atoms with E-state index in [1.165, 1.54) is 10.6 Å². The Morgan fingerprint density at radius 3 is 1.31 bits per heavy atom. The Morgan fingerprint density at radius 1 is 0.562 bits per heavy atom. The van der Waals surface area contributed by atoms with Gasteiger partial charge in [-0.25, -0.2) is 0 Å². The molecule has 0 spiro atoms. The predicted molar refractivity (Wildman–Crippen MR) is 141 cm³/mol. The maximum atomic E-state index is 14.7. The fourth-order valence-corrected chi connectivity index (χ4v) is 12.4. The first kappa shape index (κ1) is 22.7. The molecule has 0 aliphatic heterocycles. The van der Waals surface area contributed by atoms with Crippen molar-refractivity contribution < 1.29 is 9.67 Å². The summed E-state index contributed by atoms with van der Waals surface area (Å²) in [5, 5.41) is 14.5. The van der Waals surface area contributed by atoms with Crippen LogP contribution in [0.2, 0.25) is 0 Å². The molecular formula is C28H29O2P2+. The van der Waals surface area contributed by atoms with E-state index in [2.05, 4.69) is 48.5 Å². The predicted octanol–water partition coefficient (Wildman–Crippen LogP) is 4.66. The molecule has 0 radical (unpaired) electrons. The first-order chi connectivity index (χ1) is 15.7. The van der Waals surface area contributed by atoms with Crippen LogP contribution in [0.15, 0.2) is 121 Å². The Labute approximate surface area is 191 Å². The third-order valence-electron chi connectivity index (χ3n) is 6.13. The highest BCUT2D eigenvalue weighted by Gasteiger charge is 2.44. The van der Waals surface area contributed by atoms with Gasteiger partial charge in [0, 0.05) is 16.8 Å². The molecule has 1 N–H and O–H groups in total. The minimum Gasteiger partial charge on any atom is -0.393 e. The minimum absolute atomic E-state index is 0.110. The summed E-state index contributed by atoms with van der Waals surface area (Å²) < 4.78 is 14.7. The summed E-state index contributed by atoms with van der Waals surface area (Å²) in [6.07, 6.45) is 2.03. The normalized spacial score (nSPS) is 11.9. The molecule has 0 unspecified atom stereocenters. The van der Waals surface area contributed by atoms with Gasteiger partial charge in [0.05, 0.1) is 36.8 Å². The van der Waals surface area contributed by atoms with E-state index in [1.54, 1.807) is 0 Å². The van der Waals surface area contributed by atoms with Gasteiger partial charge in [-0.05, 0) is 24.3 Å². The lowest BCUT2D eigenvalue weighted by molar-refractivity contribution is 0.321. The van der Waals surface area contributed by atoms with Gasteiger partial charge in [0.15, 0.2) is 0 Å². The average Bonchev–Trinajstić information content (AvgIpc) is 2.88. The molecule has 4 rings (SSSR count). The fraction of sp³-hybridized carbons (Fsp3) is 0.143. The third kappa shape index (κ3) is 4.64. The van der Waals surface area contributed by atoms with Crippen molar-refractivity contribution in [3.8, 4) is 0 Å². The molecule has 0 saturated carbocycles. The van der Waals surface area contributed by atoms with E-state index in [1.807, 2.05) is 72.8 Å². The third-order valence-corrected chi connectivity index (χ3v) is 14.1. The molecule has 0 aliphatic carbocycles. The topological polar surface area (TPSA) is 37.3 Å². The van der Waals surface area contributed by atoms with Gasteiger partial charge >= 0.3 is 0 Å². The van der Waals surface area contributed by atoms with Gasteiger partial charge in [0.2, 0.25) is 0 Å². The van der Waals surface area contributed by atoms with Gasteiger partial charge in [-0.3, -0.25) is 0 Å². The van der Waals surface area contributed by atoms with Gasteiger partial charge < -0.3 is 9.67 Å². The Bertz CT molecular complexity index is 1060. The lowest BCUT2D eigenvalue weighted by Crippen LogP contribution is -2.31. The number of benzene rings is 4. The Kier molecular flexibility index (Phi) is 7.38. The van der Waals surface area contributed by atoms with Crippen molar-refractivity contribution in [2.24, 2.45) is 0 Å². The lowest BCUT2D eigenvalue weighted by atomic mass is 10.4. The van der Waals surface area contributed by atoms with Gasteiger partial charge in [-0.2, -0.15) is 0 Å². The highest BCUT2D eigenvalue weighted by Crippen LogP contribution is 2.59. The van der Waals surface area contributed by atoms with Crippen molar-refractivity contribution in [3.05, 3.63) is 121 Å². The van der Waals surface area contributed by atoms with Crippen molar-refractivity contribution in [1.82, 2.24) is 0 Å². The quantitative estimate of drug-likeness (QED) is 0.370. The SMILES string of the molecule is O=P(CC[P+](CCO)(c1ccccc1)c1ccccc1)(c1ccccc1)c1ccccc1. The van der Waals surface area contributed by atoms with E-state index in [4.69, 9.17) is 0 Å². The molecule has 0 atom stereocenters. The van der Waals surface area contributed by atoms with Crippen molar-refractivity contribution in [3.63, 3.8) is 0 Å². The highest BCUT2D eigenvalue weighted by molar-refractivity contribution is 7.90. The monoisotopic (exact) mass is 459 g/mol. The molecule has 32 heavy (non-hydrogen) atoms. The van der Waals surface area contributed by atoms with Crippen LogP contribution in [-0.4, -0.2) is 30.2 Å². The molecule has 0 fully saturated rings. The van der Waals surface area contributed by atoms with Gasteiger partial charge in [-0.1, -0.05) is 97.1 Å². The second-order valence-electron chi connectivity index (χ2n) is 7.94. The van der Waals surface area contributed by atoms with Crippen LogP contribution < -0.4 is 21.2 Å². The molecule has 0 aromatic heterocycles. The largest absolute Gasteiger partial charge is 0.393 e. The Morgan fingerprint density at radius 2 is 0.938 bits per heavy atom. The molecule has 0 aliphatic rings. The summed E-state index contributed by atoms with van der Waals surface area (Å²) in [5.41, 5.74) is 0. The molecule has 4 aromatic rings. The molecule has 0 heterocycles. The summed E-state index contributed by atoms with van der Waals surface area (Å²) in [4.78, 5) is 0. The zero-order valence-corrected chi connectivity index (χ0v) is 19.9. The first-order valence-electron chi connectivity index (χ1n) is 11.0. The molecule has 4 heteroatoms. The highest BCUT2D eigenvalue weighted by atomic mass is 31.2. The second kappa shape index (κ2) is 10.4. The first-order valence-corrected chi connectivity index (χ1v) is 15.0. The molecule has 162 valence electrons. The molecule has 4 aromatic carbocycles. The summed E-state index contributed by atoms with van der Waals surface area (Å²) in [6, 6.07) is 40.8. The van der Waals surface area contributed by atoms with Crippen LogP contribution in [0.4, 0.5) is 0 Å². The molecule has 0 amide bonds. The van der Waals surface area contributed by atoms with Crippen LogP contribution >= 0.6 is 14.4 Å². The summed E-state index contributed by atoms with van der Waals surface area (Å²) in [6.45, 7) is 0.110. The van der Waals surface area contributed by atoms with E-state index < -0.39 is 14.4 Å². The smallest absolute Gasteiger partial charge is 0.146 e. The zero-order valence-electron chi connectivity index (χ0n) is 18.1.